The van der Waals surface area contributed by atoms with Crippen LogP contribution in [0.3, 0.4) is 0 Å². The number of nitrogens with zero attached hydrogens (tertiary/aromatic N) is 3. The van der Waals surface area contributed by atoms with Gasteiger partial charge in [0.25, 0.3) is 15.7 Å². The molecule has 2 atom stereocenters. The average molecular weight is 645 g/mol. The fraction of sp³-hybridized carbons (Fsp3) is 0.355. The van der Waals surface area contributed by atoms with Crippen LogP contribution in [0.1, 0.15) is 44.7 Å². The third kappa shape index (κ3) is 8.06. The number of carbonyl (C=O) groups excluding carboxylic acids is 2. The second-order valence-corrected chi connectivity index (χ2v) is 12.6. The van der Waals surface area contributed by atoms with Crippen molar-refractivity contribution in [1.82, 2.24) is 10.2 Å². The van der Waals surface area contributed by atoms with Gasteiger partial charge in [0, 0.05) is 29.2 Å². The SMILES string of the molecule is CC[C@@H](C)NC(=O)[C@H](CC)N(Cc1ccccc1)C(=O)CN(c1cc(Cl)ccc1OC)S(=O)(=O)c1ccc(C)c([N+](=O)[O-])c1. The van der Waals surface area contributed by atoms with Gasteiger partial charge in [0.05, 0.1) is 22.6 Å². The van der Waals surface area contributed by atoms with E-state index in [1.807, 2.05) is 19.9 Å². The number of benzene rings is 3. The molecule has 0 aliphatic rings. The number of aryl methyl sites for hydroxylation is 1. The third-order valence-corrected chi connectivity index (χ3v) is 9.23. The molecule has 3 rings (SSSR count). The first-order valence-corrected chi connectivity index (χ1v) is 15.9. The van der Waals surface area contributed by atoms with Gasteiger partial charge in [-0.15, -0.1) is 0 Å². The number of nitro benzene ring substituents is 1. The summed E-state index contributed by atoms with van der Waals surface area (Å²) in [6.07, 6.45) is 0.941. The van der Waals surface area contributed by atoms with E-state index in [0.29, 0.717) is 6.42 Å². The Morgan fingerprint density at radius 1 is 1.05 bits per heavy atom. The second-order valence-electron chi connectivity index (χ2n) is 10.3. The first-order chi connectivity index (χ1) is 20.8. The fourth-order valence-corrected chi connectivity index (χ4v) is 6.19. The minimum Gasteiger partial charge on any atom is -0.495 e. The highest BCUT2D eigenvalue weighted by Crippen LogP contribution is 2.36. The van der Waals surface area contributed by atoms with Crippen molar-refractivity contribution in [2.24, 2.45) is 0 Å². The van der Waals surface area contributed by atoms with Gasteiger partial charge in [0.15, 0.2) is 0 Å². The number of rotatable bonds is 14. The van der Waals surface area contributed by atoms with Crippen molar-refractivity contribution >= 4 is 44.8 Å². The number of ether oxygens (including phenoxy) is 1. The zero-order chi connectivity index (χ0) is 32.6. The molecule has 0 aliphatic carbocycles. The van der Waals surface area contributed by atoms with Crippen molar-refractivity contribution in [3.05, 3.63) is 93.0 Å². The number of carbonyl (C=O) groups is 2. The van der Waals surface area contributed by atoms with Crippen LogP contribution in [0.2, 0.25) is 5.02 Å². The molecule has 2 amide bonds. The largest absolute Gasteiger partial charge is 0.495 e. The van der Waals surface area contributed by atoms with Gasteiger partial charge in [-0.2, -0.15) is 0 Å². The molecule has 0 radical (unpaired) electrons. The summed E-state index contributed by atoms with van der Waals surface area (Å²) in [5.41, 5.74) is 0.561. The molecule has 0 bridgehead atoms. The summed E-state index contributed by atoms with van der Waals surface area (Å²) in [6, 6.07) is 15.8. The lowest BCUT2D eigenvalue weighted by atomic mass is 10.1. The van der Waals surface area contributed by atoms with E-state index < -0.39 is 44.0 Å². The summed E-state index contributed by atoms with van der Waals surface area (Å²) in [6.45, 7) is 6.33. The second kappa shape index (κ2) is 15.0. The molecule has 1 N–H and O–H groups in total. The number of nitrogens with one attached hydrogen (secondary N) is 1. The highest BCUT2D eigenvalue weighted by molar-refractivity contribution is 7.92. The smallest absolute Gasteiger partial charge is 0.273 e. The van der Waals surface area contributed by atoms with E-state index in [1.165, 1.54) is 49.3 Å². The van der Waals surface area contributed by atoms with Gasteiger partial charge in [-0.05, 0) is 56.5 Å². The number of methoxy groups -OCH3 is 1. The van der Waals surface area contributed by atoms with Crippen molar-refractivity contribution in [3.8, 4) is 5.75 Å². The average Bonchev–Trinajstić information content (AvgIpc) is 2.99. The van der Waals surface area contributed by atoms with Gasteiger partial charge in [0.1, 0.15) is 18.3 Å². The van der Waals surface area contributed by atoms with E-state index in [0.717, 1.165) is 15.9 Å². The number of amides is 2. The van der Waals surface area contributed by atoms with Crippen LogP contribution in [0.5, 0.6) is 5.75 Å². The summed E-state index contributed by atoms with van der Waals surface area (Å²) < 4.78 is 34.7. The van der Waals surface area contributed by atoms with Gasteiger partial charge in [0.2, 0.25) is 11.8 Å². The third-order valence-electron chi connectivity index (χ3n) is 7.24. The van der Waals surface area contributed by atoms with Crippen LogP contribution in [0, 0.1) is 17.0 Å². The maximum Gasteiger partial charge on any atom is 0.273 e. The Kier molecular flexibility index (Phi) is 11.7. The summed E-state index contributed by atoms with van der Waals surface area (Å²) in [7, 11) is -3.27. The lowest BCUT2D eigenvalue weighted by Gasteiger charge is -2.34. The Morgan fingerprint density at radius 3 is 2.32 bits per heavy atom. The molecule has 0 aromatic heterocycles. The van der Waals surface area contributed by atoms with Crippen LogP contribution in [0.4, 0.5) is 11.4 Å². The predicted octanol–water partition coefficient (Wildman–Crippen LogP) is 5.48. The quantitative estimate of drug-likeness (QED) is 0.181. The minimum atomic E-state index is -4.61. The van der Waals surface area contributed by atoms with Crippen molar-refractivity contribution in [3.63, 3.8) is 0 Å². The molecule has 3 aromatic carbocycles. The van der Waals surface area contributed by atoms with E-state index in [9.17, 15) is 28.1 Å². The zero-order valence-corrected chi connectivity index (χ0v) is 26.9. The van der Waals surface area contributed by atoms with Crippen molar-refractivity contribution < 1.29 is 27.7 Å². The minimum absolute atomic E-state index is 0.0304. The van der Waals surface area contributed by atoms with Crippen LogP contribution in [-0.4, -0.2) is 55.8 Å². The number of anilines is 1. The molecular formula is C31H37ClN4O7S. The lowest BCUT2D eigenvalue weighted by molar-refractivity contribution is -0.385. The van der Waals surface area contributed by atoms with Crippen LogP contribution < -0.4 is 14.4 Å². The van der Waals surface area contributed by atoms with Gasteiger partial charge < -0.3 is 15.0 Å². The molecule has 0 heterocycles. The normalized spacial score (nSPS) is 12.6. The molecule has 0 unspecified atom stereocenters. The molecular weight excluding hydrogens is 608 g/mol. The Balaban J connectivity index is 2.18. The van der Waals surface area contributed by atoms with Crippen LogP contribution in [0.15, 0.2) is 71.6 Å². The van der Waals surface area contributed by atoms with E-state index in [-0.39, 0.29) is 46.9 Å². The van der Waals surface area contributed by atoms with Crippen LogP contribution in [0.25, 0.3) is 0 Å². The number of halogens is 1. The van der Waals surface area contributed by atoms with Gasteiger partial charge in [-0.25, -0.2) is 8.42 Å². The monoisotopic (exact) mass is 644 g/mol. The summed E-state index contributed by atoms with van der Waals surface area (Å²) in [4.78, 5) is 39.6. The molecule has 13 heteroatoms. The standard InChI is InChI=1S/C31H37ClN4O7S/c1-6-22(4)33-31(38)26(7-2)34(19-23-11-9-8-10-12-23)30(37)20-35(28-17-24(32)14-16-29(28)43-5)44(41,42)25-15-13-21(3)27(18-25)36(39)40/h8-18,22,26H,6-7,19-20H2,1-5H3,(H,33,38)/t22-,26+/m1/s1. The maximum absolute atomic E-state index is 14.2. The first-order valence-electron chi connectivity index (χ1n) is 14.1. The molecule has 44 heavy (non-hydrogen) atoms. The van der Waals surface area contributed by atoms with Gasteiger partial charge in [-0.3, -0.25) is 24.0 Å². The van der Waals surface area contributed by atoms with Crippen molar-refractivity contribution in [2.45, 2.75) is 64.1 Å². The summed E-state index contributed by atoms with van der Waals surface area (Å²) in [5, 5.41) is 14.8. The molecule has 0 saturated carbocycles. The Morgan fingerprint density at radius 2 is 1.73 bits per heavy atom. The number of hydrogen-bond acceptors (Lipinski definition) is 7. The van der Waals surface area contributed by atoms with Crippen molar-refractivity contribution in [2.75, 3.05) is 18.0 Å². The van der Waals surface area contributed by atoms with Crippen molar-refractivity contribution in [1.29, 1.82) is 0 Å². The molecule has 11 nitrogen and oxygen atoms in total. The van der Waals surface area contributed by atoms with Crippen LogP contribution in [-0.2, 0) is 26.2 Å². The fourth-order valence-electron chi connectivity index (χ4n) is 4.59. The summed E-state index contributed by atoms with van der Waals surface area (Å²) in [5.74, 6) is -0.939. The highest BCUT2D eigenvalue weighted by Gasteiger charge is 2.36. The summed E-state index contributed by atoms with van der Waals surface area (Å²) >= 11 is 6.27. The van der Waals surface area contributed by atoms with E-state index in [2.05, 4.69) is 5.32 Å². The molecule has 3 aromatic rings. The first kappa shape index (κ1) is 34.3. The Bertz CT molecular complexity index is 1600. The lowest BCUT2D eigenvalue weighted by Crippen LogP contribution is -2.53. The van der Waals surface area contributed by atoms with E-state index in [4.69, 9.17) is 16.3 Å². The highest BCUT2D eigenvalue weighted by atomic mass is 35.5. The van der Waals surface area contributed by atoms with Gasteiger partial charge >= 0.3 is 0 Å². The maximum atomic E-state index is 14.2. The molecule has 236 valence electrons. The molecule has 0 saturated heterocycles. The molecule has 0 spiro atoms. The molecule has 0 fully saturated rings. The molecule has 0 aliphatic heterocycles. The zero-order valence-electron chi connectivity index (χ0n) is 25.3. The van der Waals surface area contributed by atoms with E-state index in [1.54, 1.807) is 31.2 Å². The Hall–Kier alpha value is -4.16. The number of nitro groups is 1. The van der Waals surface area contributed by atoms with Gasteiger partial charge in [-0.1, -0.05) is 61.8 Å². The predicted molar refractivity (Wildman–Crippen MR) is 169 cm³/mol. The number of sulfonamides is 1. The number of hydrogen-bond donors (Lipinski definition) is 1. The van der Waals surface area contributed by atoms with Crippen LogP contribution >= 0.6 is 11.6 Å². The topological polar surface area (TPSA) is 139 Å². The Labute approximate surface area is 263 Å². The van der Waals surface area contributed by atoms with E-state index >= 15 is 0 Å².